The molecular formula is C32H24BrN3O5S2. The summed E-state index contributed by atoms with van der Waals surface area (Å²) in [6, 6.07) is 25.5. The fraction of sp³-hybridized carbons (Fsp3) is 0.125. The molecule has 43 heavy (non-hydrogen) atoms. The van der Waals surface area contributed by atoms with E-state index in [2.05, 4.69) is 50.4 Å². The molecule has 0 saturated carbocycles. The molecule has 1 atom stereocenters. The average molecular weight is 675 g/mol. The minimum atomic E-state index is -0.936. The number of carbonyl (C=O) groups is 2. The zero-order chi connectivity index (χ0) is 30.1. The van der Waals surface area contributed by atoms with Crippen LogP contribution in [0.2, 0.25) is 0 Å². The minimum Gasteiger partial charge on any atom is -0.507 e. The van der Waals surface area contributed by atoms with E-state index in [-0.39, 0.29) is 16.5 Å². The number of rotatable bonds is 8. The highest BCUT2D eigenvalue weighted by Crippen LogP contribution is 2.45. The van der Waals surface area contributed by atoms with Crippen molar-refractivity contribution >= 4 is 72.4 Å². The van der Waals surface area contributed by atoms with Crippen molar-refractivity contribution in [3.8, 4) is 11.5 Å². The number of ether oxygens (including phenoxy) is 2. The van der Waals surface area contributed by atoms with Crippen LogP contribution in [-0.4, -0.2) is 41.2 Å². The van der Waals surface area contributed by atoms with Crippen LogP contribution < -0.4 is 14.4 Å². The van der Waals surface area contributed by atoms with Crippen molar-refractivity contribution in [2.24, 2.45) is 0 Å². The van der Waals surface area contributed by atoms with Gasteiger partial charge in [-0.1, -0.05) is 93.6 Å². The molecule has 0 bridgehead atoms. The first-order valence-corrected chi connectivity index (χ1v) is 15.7. The maximum absolute atomic E-state index is 13.6. The fourth-order valence-electron chi connectivity index (χ4n) is 5.08. The van der Waals surface area contributed by atoms with Crippen LogP contribution in [0.3, 0.4) is 0 Å². The summed E-state index contributed by atoms with van der Waals surface area (Å²) in [6.07, 6.45) is 0. The molecular weight excluding hydrogens is 650 g/mol. The minimum absolute atomic E-state index is 0.0597. The van der Waals surface area contributed by atoms with Crippen LogP contribution in [-0.2, 0) is 15.3 Å². The number of anilines is 1. The number of ketones is 1. The van der Waals surface area contributed by atoms with E-state index in [1.807, 2.05) is 36.4 Å². The molecule has 8 nitrogen and oxygen atoms in total. The van der Waals surface area contributed by atoms with Gasteiger partial charge >= 0.3 is 5.91 Å². The van der Waals surface area contributed by atoms with Crippen molar-refractivity contribution in [1.82, 2.24) is 10.2 Å². The third-order valence-corrected chi connectivity index (χ3v) is 9.70. The SMILES string of the molecule is COc1ccc(C(O)=C2C(=O)C(=O)N(c3nnc(SCc4cccc5ccccc45)s3)[C@@H]2c2cccc(Br)c2)cc1OC. The molecule has 4 aromatic carbocycles. The molecule has 0 unspecified atom stereocenters. The lowest BCUT2D eigenvalue weighted by Gasteiger charge is -2.22. The number of Topliss-reactive ketones (excluding diaryl/α,β-unsaturated/α-hetero) is 1. The molecule has 5 aromatic rings. The smallest absolute Gasteiger partial charge is 0.301 e. The summed E-state index contributed by atoms with van der Waals surface area (Å²) in [6.45, 7) is 0. The Morgan fingerprint density at radius 2 is 1.72 bits per heavy atom. The monoisotopic (exact) mass is 673 g/mol. The Morgan fingerprint density at radius 3 is 2.51 bits per heavy atom. The van der Waals surface area contributed by atoms with Gasteiger partial charge in [0.1, 0.15) is 5.76 Å². The number of nitrogens with zero attached hydrogens (tertiary/aromatic N) is 3. The van der Waals surface area contributed by atoms with Gasteiger partial charge in [0, 0.05) is 15.8 Å². The van der Waals surface area contributed by atoms with Gasteiger partial charge in [-0.25, -0.2) is 0 Å². The van der Waals surface area contributed by atoms with E-state index in [4.69, 9.17) is 9.47 Å². The van der Waals surface area contributed by atoms with Gasteiger partial charge in [0.15, 0.2) is 15.8 Å². The number of aromatic nitrogens is 2. The van der Waals surface area contributed by atoms with E-state index >= 15 is 0 Å². The van der Waals surface area contributed by atoms with Crippen LogP contribution in [0.15, 0.2) is 99.3 Å². The number of amides is 1. The largest absolute Gasteiger partial charge is 0.507 e. The Bertz CT molecular complexity index is 1900. The summed E-state index contributed by atoms with van der Waals surface area (Å²) >= 11 is 6.22. The molecule has 11 heteroatoms. The highest BCUT2D eigenvalue weighted by molar-refractivity contribution is 9.10. The molecule has 1 amide bonds. The first kappa shape index (κ1) is 28.9. The van der Waals surface area contributed by atoms with Crippen molar-refractivity contribution in [1.29, 1.82) is 0 Å². The van der Waals surface area contributed by atoms with Crippen molar-refractivity contribution < 1.29 is 24.2 Å². The highest BCUT2D eigenvalue weighted by atomic mass is 79.9. The van der Waals surface area contributed by atoms with Gasteiger partial charge in [0.25, 0.3) is 5.78 Å². The summed E-state index contributed by atoms with van der Waals surface area (Å²) in [7, 11) is 2.99. The number of hydrogen-bond acceptors (Lipinski definition) is 9. The lowest BCUT2D eigenvalue weighted by atomic mass is 9.95. The van der Waals surface area contributed by atoms with E-state index < -0.39 is 17.7 Å². The first-order chi connectivity index (χ1) is 20.9. The molecule has 0 radical (unpaired) electrons. The standard InChI is InChI=1S/C32H24BrN3O5S2/c1-40-24-14-13-20(16-25(24)41-2)28(37)26-27(19-9-6-11-22(33)15-19)36(30(39)29(26)38)31-34-35-32(43-31)42-17-21-10-5-8-18-7-3-4-12-23(18)21/h3-16,27,37H,17H2,1-2H3/t27-/m1/s1. The van der Waals surface area contributed by atoms with Crippen LogP contribution in [0.4, 0.5) is 5.13 Å². The Labute approximate surface area is 264 Å². The summed E-state index contributed by atoms with van der Waals surface area (Å²) in [5.74, 6) is -0.460. The highest BCUT2D eigenvalue weighted by Gasteiger charge is 2.48. The fourth-order valence-corrected chi connectivity index (χ4v) is 7.37. The number of benzene rings is 4. The summed E-state index contributed by atoms with van der Waals surface area (Å²) < 4.78 is 12.1. The first-order valence-electron chi connectivity index (χ1n) is 13.1. The topological polar surface area (TPSA) is 102 Å². The predicted octanol–water partition coefficient (Wildman–Crippen LogP) is 7.39. The molecule has 1 fully saturated rings. The number of halogens is 1. The second-order valence-corrected chi connectivity index (χ2v) is 12.7. The molecule has 1 N–H and O–H groups in total. The lowest BCUT2D eigenvalue weighted by Crippen LogP contribution is -2.29. The maximum Gasteiger partial charge on any atom is 0.301 e. The molecule has 1 aromatic heterocycles. The second kappa shape index (κ2) is 12.2. The average Bonchev–Trinajstić information content (AvgIpc) is 3.60. The van der Waals surface area contributed by atoms with Gasteiger partial charge in [-0.15, -0.1) is 10.2 Å². The Hall–Kier alpha value is -4.19. The molecule has 1 saturated heterocycles. The zero-order valence-electron chi connectivity index (χ0n) is 23.0. The molecule has 6 rings (SSSR count). The number of carbonyl (C=O) groups excluding carboxylic acids is 2. The number of aliphatic hydroxyl groups excluding tert-OH is 1. The number of thioether (sulfide) groups is 1. The van der Waals surface area contributed by atoms with Crippen LogP contribution in [0, 0.1) is 0 Å². The molecule has 1 aliphatic heterocycles. The molecule has 0 spiro atoms. The number of fused-ring (bicyclic) bond motifs is 1. The summed E-state index contributed by atoms with van der Waals surface area (Å²) in [5.41, 5.74) is 2.02. The maximum atomic E-state index is 13.6. The number of methoxy groups -OCH3 is 2. The normalized spacial score (nSPS) is 16.2. The van der Waals surface area contributed by atoms with E-state index in [1.54, 1.807) is 24.3 Å². The van der Waals surface area contributed by atoms with Crippen molar-refractivity contribution in [3.05, 3.63) is 112 Å². The lowest BCUT2D eigenvalue weighted by molar-refractivity contribution is -0.132. The van der Waals surface area contributed by atoms with Crippen LogP contribution >= 0.6 is 39.0 Å². The van der Waals surface area contributed by atoms with E-state index in [9.17, 15) is 14.7 Å². The molecule has 2 heterocycles. The Morgan fingerprint density at radius 1 is 0.953 bits per heavy atom. The third kappa shape index (κ3) is 5.51. The van der Waals surface area contributed by atoms with Crippen LogP contribution in [0.25, 0.3) is 16.5 Å². The van der Waals surface area contributed by atoms with Gasteiger partial charge in [0.05, 0.1) is 25.8 Å². The Balaban J connectivity index is 1.38. The zero-order valence-corrected chi connectivity index (χ0v) is 26.2. The van der Waals surface area contributed by atoms with Gasteiger partial charge in [-0.2, -0.15) is 0 Å². The van der Waals surface area contributed by atoms with Gasteiger partial charge in [-0.05, 0) is 52.2 Å². The summed E-state index contributed by atoms with van der Waals surface area (Å²) in [4.78, 5) is 28.5. The second-order valence-electron chi connectivity index (χ2n) is 9.57. The Kier molecular flexibility index (Phi) is 8.20. The molecule has 1 aliphatic rings. The number of hydrogen-bond donors (Lipinski definition) is 1. The van der Waals surface area contributed by atoms with Gasteiger partial charge in [-0.3, -0.25) is 14.5 Å². The molecule has 0 aliphatic carbocycles. The predicted molar refractivity (Wildman–Crippen MR) is 172 cm³/mol. The van der Waals surface area contributed by atoms with Crippen molar-refractivity contribution in [2.45, 2.75) is 16.1 Å². The van der Waals surface area contributed by atoms with Crippen LogP contribution in [0.5, 0.6) is 11.5 Å². The summed E-state index contributed by atoms with van der Waals surface area (Å²) in [5, 5.41) is 22.7. The van der Waals surface area contributed by atoms with Crippen molar-refractivity contribution in [3.63, 3.8) is 0 Å². The number of aliphatic hydroxyl groups is 1. The van der Waals surface area contributed by atoms with Crippen molar-refractivity contribution in [2.75, 3.05) is 19.1 Å². The molecule has 216 valence electrons. The van der Waals surface area contributed by atoms with Crippen LogP contribution in [0.1, 0.15) is 22.7 Å². The van der Waals surface area contributed by atoms with Gasteiger partial charge in [0.2, 0.25) is 5.13 Å². The quantitative estimate of drug-likeness (QED) is 0.0598. The van der Waals surface area contributed by atoms with E-state index in [0.29, 0.717) is 32.7 Å². The van der Waals surface area contributed by atoms with E-state index in [0.717, 1.165) is 20.8 Å². The third-order valence-electron chi connectivity index (χ3n) is 7.10. The van der Waals surface area contributed by atoms with Gasteiger partial charge < -0.3 is 14.6 Å². The van der Waals surface area contributed by atoms with E-state index in [1.165, 1.54) is 42.2 Å².